The van der Waals surface area contributed by atoms with Crippen LogP contribution in [0.2, 0.25) is 0 Å². The molecule has 1 heterocycles. The number of nitrogens with zero attached hydrogens (tertiary/aromatic N) is 1. The lowest BCUT2D eigenvalue weighted by molar-refractivity contribution is -0.147. The molecule has 0 radical (unpaired) electrons. The lowest BCUT2D eigenvalue weighted by atomic mass is 10.2. The molecule has 0 aliphatic rings. The first-order valence-electron chi connectivity index (χ1n) is 3.43. The Bertz CT molecular complexity index is 405. The van der Waals surface area contributed by atoms with Crippen molar-refractivity contribution in [3.63, 3.8) is 0 Å². The van der Waals surface area contributed by atoms with Crippen molar-refractivity contribution >= 4 is 0 Å². The molecule has 0 bridgehead atoms. The Morgan fingerprint density at radius 1 is 1.07 bits per heavy atom. The first-order valence-corrected chi connectivity index (χ1v) is 3.43. The number of aromatic amines is 1. The van der Waals surface area contributed by atoms with Gasteiger partial charge in [-0.25, -0.2) is 0 Å². The largest absolute Gasteiger partial charge is 0.432 e. The summed E-state index contributed by atoms with van der Waals surface area (Å²) in [5.41, 5.74) is -4.35. The summed E-state index contributed by atoms with van der Waals surface area (Å²) in [6, 6.07) is 1.17. The van der Waals surface area contributed by atoms with Gasteiger partial charge in [-0.05, 0) is 6.07 Å². The van der Waals surface area contributed by atoms with Gasteiger partial charge in [-0.2, -0.15) is 31.6 Å². The van der Waals surface area contributed by atoms with Gasteiger partial charge in [0.15, 0.2) is 0 Å². The van der Waals surface area contributed by atoms with Crippen LogP contribution < -0.4 is 0 Å². The van der Waals surface area contributed by atoms with Crippen LogP contribution in [0, 0.1) is 11.3 Å². The number of H-pyrrole nitrogens is 1. The molecule has 0 spiro atoms. The molecule has 0 atom stereocenters. The number of rotatable bonds is 0. The molecule has 0 aliphatic carbocycles. The molecule has 8 heteroatoms. The molecular weight excluding hydrogens is 226 g/mol. The predicted molar refractivity (Wildman–Crippen MR) is 35.5 cm³/mol. The van der Waals surface area contributed by atoms with Crippen molar-refractivity contribution < 1.29 is 26.3 Å². The summed E-state index contributed by atoms with van der Waals surface area (Å²) in [4.78, 5) is 1.14. The highest BCUT2D eigenvalue weighted by atomic mass is 19.4. The van der Waals surface area contributed by atoms with E-state index < -0.39 is 29.3 Å². The van der Waals surface area contributed by atoms with Crippen LogP contribution in [0.3, 0.4) is 0 Å². The van der Waals surface area contributed by atoms with Crippen molar-refractivity contribution in [3.8, 4) is 6.07 Å². The summed E-state index contributed by atoms with van der Waals surface area (Å²) in [5, 5.41) is 8.22. The molecule has 1 rings (SSSR count). The van der Waals surface area contributed by atoms with Crippen molar-refractivity contribution in [1.82, 2.24) is 4.98 Å². The van der Waals surface area contributed by atoms with Crippen LogP contribution >= 0.6 is 0 Å². The lowest BCUT2D eigenvalue weighted by Crippen LogP contribution is -2.10. The van der Waals surface area contributed by atoms with E-state index in [1.807, 2.05) is 0 Å². The maximum atomic E-state index is 12.1. The summed E-state index contributed by atoms with van der Waals surface area (Å²) in [5.74, 6) is 0. The predicted octanol–water partition coefficient (Wildman–Crippen LogP) is 2.92. The van der Waals surface area contributed by atoms with E-state index >= 15 is 0 Å². The number of hydrogen-bond donors (Lipinski definition) is 1. The third-order valence-corrected chi connectivity index (χ3v) is 1.53. The Morgan fingerprint density at radius 2 is 1.60 bits per heavy atom. The van der Waals surface area contributed by atoms with Crippen LogP contribution in [-0.4, -0.2) is 4.98 Å². The quantitative estimate of drug-likeness (QED) is 0.681. The number of halogens is 6. The molecule has 0 aromatic carbocycles. The van der Waals surface area contributed by atoms with Gasteiger partial charge in [0.25, 0.3) is 0 Å². The molecule has 0 fully saturated rings. The fraction of sp³-hybridized carbons (Fsp3) is 0.286. The van der Waals surface area contributed by atoms with Crippen molar-refractivity contribution in [3.05, 3.63) is 23.0 Å². The maximum Gasteiger partial charge on any atom is 0.432 e. The first kappa shape index (κ1) is 11.4. The Hall–Kier alpha value is -1.65. The van der Waals surface area contributed by atoms with Crippen LogP contribution in [0.5, 0.6) is 0 Å². The standard InChI is InChI=1S/C7H2F6N2/c8-6(9,10)4-1-3(2-14)5(15-4)7(11,12)13/h1,15H. The van der Waals surface area contributed by atoms with Gasteiger partial charge in [0.1, 0.15) is 17.5 Å². The highest BCUT2D eigenvalue weighted by Crippen LogP contribution is 2.36. The molecular formula is C7H2F6N2. The summed E-state index contributed by atoms with van der Waals surface area (Å²) >= 11 is 0. The summed E-state index contributed by atoms with van der Waals surface area (Å²) in [6.07, 6.45) is -9.94. The van der Waals surface area contributed by atoms with E-state index in [0.717, 1.165) is 11.1 Å². The van der Waals surface area contributed by atoms with E-state index in [2.05, 4.69) is 0 Å². The molecule has 2 nitrogen and oxygen atoms in total. The van der Waals surface area contributed by atoms with Crippen LogP contribution in [0.25, 0.3) is 0 Å². The van der Waals surface area contributed by atoms with Crippen LogP contribution in [0.15, 0.2) is 6.07 Å². The second kappa shape index (κ2) is 3.18. The fourth-order valence-corrected chi connectivity index (χ4v) is 0.919. The Balaban J connectivity index is 3.32. The van der Waals surface area contributed by atoms with Gasteiger partial charge in [-0.1, -0.05) is 0 Å². The molecule has 1 aromatic heterocycles. The Labute approximate surface area is 79.1 Å². The molecule has 1 aromatic rings. The Morgan fingerprint density at radius 3 is 1.87 bits per heavy atom. The highest BCUT2D eigenvalue weighted by molar-refractivity contribution is 5.39. The Kier molecular flexibility index (Phi) is 2.43. The molecule has 82 valence electrons. The van der Waals surface area contributed by atoms with Crippen LogP contribution in [-0.2, 0) is 12.4 Å². The lowest BCUT2D eigenvalue weighted by Gasteiger charge is -2.04. The van der Waals surface area contributed by atoms with E-state index in [1.165, 1.54) is 0 Å². The topological polar surface area (TPSA) is 39.6 Å². The second-order valence-corrected chi connectivity index (χ2v) is 2.58. The number of hydrogen-bond acceptors (Lipinski definition) is 1. The molecule has 1 N–H and O–H groups in total. The molecule has 0 saturated carbocycles. The monoisotopic (exact) mass is 228 g/mol. The van der Waals surface area contributed by atoms with Gasteiger partial charge in [0.05, 0.1) is 5.56 Å². The second-order valence-electron chi connectivity index (χ2n) is 2.58. The normalized spacial score (nSPS) is 12.6. The summed E-state index contributed by atoms with van der Waals surface area (Å²) in [6.45, 7) is 0. The van der Waals surface area contributed by atoms with Crippen molar-refractivity contribution in [2.75, 3.05) is 0 Å². The number of aromatic nitrogens is 1. The minimum atomic E-state index is -5.01. The average molecular weight is 228 g/mol. The van der Waals surface area contributed by atoms with Gasteiger partial charge in [-0.3, -0.25) is 0 Å². The molecule has 0 amide bonds. The SMILES string of the molecule is N#Cc1cc(C(F)(F)F)[nH]c1C(F)(F)F. The number of nitrogens with one attached hydrogen (secondary N) is 1. The minimum Gasteiger partial charge on any atom is -0.346 e. The van der Waals surface area contributed by atoms with E-state index in [1.54, 1.807) is 0 Å². The van der Waals surface area contributed by atoms with Gasteiger partial charge >= 0.3 is 12.4 Å². The smallest absolute Gasteiger partial charge is 0.346 e. The van der Waals surface area contributed by atoms with E-state index in [-0.39, 0.29) is 6.07 Å². The van der Waals surface area contributed by atoms with Gasteiger partial charge in [0, 0.05) is 0 Å². The third-order valence-electron chi connectivity index (χ3n) is 1.53. The minimum absolute atomic E-state index is 0.128. The van der Waals surface area contributed by atoms with Crippen molar-refractivity contribution in [1.29, 1.82) is 5.26 Å². The summed E-state index contributed by atoms with van der Waals surface area (Å²) in [7, 11) is 0. The molecule has 0 unspecified atom stereocenters. The molecule has 15 heavy (non-hydrogen) atoms. The van der Waals surface area contributed by atoms with E-state index in [9.17, 15) is 26.3 Å². The van der Waals surface area contributed by atoms with Crippen molar-refractivity contribution in [2.24, 2.45) is 0 Å². The maximum absolute atomic E-state index is 12.1. The molecule has 0 saturated heterocycles. The van der Waals surface area contributed by atoms with E-state index in [4.69, 9.17) is 5.26 Å². The van der Waals surface area contributed by atoms with Gasteiger partial charge in [-0.15, -0.1) is 0 Å². The first-order chi connectivity index (χ1) is 6.66. The highest BCUT2D eigenvalue weighted by Gasteiger charge is 2.41. The zero-order chi connectivity index (χ0) is 11.9. The zero-order valence-corrected chi connectivity index (χ0v) is 6.79. The molecule has 0 aliphatic heterocycles. The average Bonchev–Trinajstić information content (AvgIpc) is 2.44. The van der Waals surface area contributed by atoms with E-state index in [0.29, 0.717) is 0 Å². The van der Waals surface area contributed by atoms with Crippen LogP contribution in [0.1, 0.15) is 17.0 Å². The summed E-state index contributed by atoms with van der Waals surface area (Å²) < 4.78 is 72.3. The van der Waals surface area contributed by atoms with Crippen LogP contribution in [0.4, 0.5) is 26.3 Å². The fourth-order valence-electron chi connectivity index (χ4n) is 0.919. The van der Waals surface area contributed by atoms with Gasteiger partial charge < -0.3 is 4.98 Å². The van der Waals surface area contributed by atoms with Crippen molar-refractivity contribution in [2.45, 2.75) is 12.4 Å². The third kappa shape index (κ3) is 2.23. The number of nitriles is 1. The number of alkyl halides is 6. The zero-order valence-electron chi connectivity index (χ0n) is 6.79. The van der Waals surface area contributed by atoms with Gasteiger partial charge in [0.2, 0.25) is 0 Å².